The maximum Gasteiger partial charge on any atom is 0.417 e. The van der Waals surface area contributed by atoms with Crippen molar-refractivity contribution in [2.75, 3.05) is 29.0 Å². The third-order valence-corrected chi connectivity index (χ3v) is 7.73. The molecule has 4 N–H and O–H groups in total. The van der Waals surface area contributed by atoms with Crippen LogP contribution in [0.2, 0.25) is 0 Å². The number of aromatic amines is 1. The second kappa shape index (κ2) is 7.36. The fraction of sp³-hybridized carbons (Fsp3) is 0.409. The van der Waals surface area contributed by atoms with Gasteiger partial charge in [-0.3, -0.25) is 4.98 Å². The van der Waals surface area contributed by atoms with Crippen LogP contribution >= 0.6 is 11.3 Å². The molecule has 12 heteroatoms. The first-order valence-corrected chi connectivity index (χ1v) is 11.7. The Kier molecular flexibility index (Phi) is 4.60. The van der Waals surface area contributed by atoms with Gasteiger partial charge in [-0.15, -0.1) is 11.3 Å². The third kappa shape index (κ3) is 3.85. The van der Waals surface area contributed by atoms with Gasteiger partial charge in [0.05, 0.1) is 17.3 Å². The predicted octanol–water partition coefficient (Wildman–Crippen LogP) is 4.28. The molecule has 0 bridgehead atoms. The smallest absolute Gasteiger partial charge is 0.408 e. The molecule has 4 aromatic rings. The first kappa shape index (κ1) is 21.3. The van der Waals surface area contributed by atoms with E-state index >= 15 is 0 Å². The Bertz CT molecular complexity index is 1450. The summed E-state index contributed by atoms with van der Waals surface area (Å²) in [4.78, 5) is 25.4. The van der Waals surface area contributed by atoms with Gasteiger partial charge in [0.1, 0.15) is 10.6 Å². The predicted molar refractivity (Wildman–Crippen MR) is 124 cm³/mol. The van der Waals surface area contributed by atoms with E-state index in [4.69, 9.17) is 10.2 Å². The van der Waals surface area contributed by atoms with E-state index in [9.17, 15) is 18.0 Å². The lowest BCUT2D eigenvalue weighted by Gasteiger charge is -2.46. The van der Waals surface area contributed by atoms with Crippen molar-refractivity contribution < 1.29 is 17.6 Å². The van der Waals surface area contributed by atoms with Gasteiger partial charge in [-0.05, 0) is 42.9 Å². The molecule has 0 amide bonds. The molecule has 2 aliphatic rings. The first-order valence-electron chi connectivity index (χ1n) is 10.9. The lowest BCUT2D eigenvalue weighted by atomic mass is 9.65. The summed E-state index contributed by atoms with van der Waals surface area (Å²) < 4.78 is 43.8. The molecule has 4 heterocycles. The minimum absolute atomic E-state index is 0.0730. The standard InChI is InChI=1S/C22H21F3N6O2S/c23-22(24,25)9-13-6-14-17(29-19(26)30-18(14)34-13)31-4-3-21(10-31)7-12(8-21)27-11-1-2-15-16(5-11)33-20(32)28-15/h1-2,5-6,12,27H,3-4,7-10H2,(H,28,32)(H2,26,29,30). The molecular weight excluding hydrogens is 469 g/mol. The number of fused-ring (bicyclic) bond motifs is 2. The van der Waals surface area contributed by atoms with Crippen molar-refractivity contribution in [2.45, 2.75) is 37.9 Å². The van der Waals surface area contributed by atoms with Crippen LogP contribution in [0.15, 0.2) is 33.5 Å². The quantitative estimate of drug-likeness (QED) is 0.391. The number of hydrogen-bond acceptors (Lipinski definition) is 8. The number of nitrogens with two attached hydrogens (primary N) is 1. The molecule has 0 unspecified atom stereocenters. The summed E-state index contributed by atoms with van der Waals surface area (Å²) in [6.45, 7) is 1.54. The normalized spacial score (nSPS) is 22.7. The SMILES string of the molecule is Nc1nc(N2CCC3(CC(Nc4ccc5[nH]c(=O)oc5c4)C3)C2)c2cc(CC(F)(F)F)sc2n1. The molecule has 178 valence electrons. The maximum absolute atomic E-state index is 12.9. The number of thiophene rings is 1. The number of halogens is 3. The molecule has 3 aromatic heterocycles. The van der Waals surface area contributed by atoms with Crippen molar-refractivity contribution in [1.29, 1.82) is 0 Å². The van der Waals surface area contributed by atoms with Crippen LogP contribution in [0.4, 0.5) is 30.6 Å². The summed E-state index contributed by atoms with van der Waals surface area (Å²) in [7, 11) is 0. The van der Waals surface area contributed by atoms with E-state index in [0.29, 0.717) is 27.1 Å². The van der Waals surface area contributed by atoms with Crippen LogP contribution in [0.1, 0.15) is 24.1 Å². The molecule has 0 radical (unpaired) electrons. The molecule has 1 aliphatic carbocycles. The van der Waals surface area contributed by atoms with E-state index in [0.717, 1.165) is 49.4 Å². The molecule has 1 spiro atoms. The number of rotatable bonds is 4. The average Bonchev–Trinajstić information content (AvgIpc) is 3.41. The Balaban J connectivity index is 1.16. The average molecular weight is 491 g/mol. The van der Waals surface area contributed by atoms with Crippen LogP contribution in [-0.4, -0.2) is 40.3 Å². The molecule has 6 rings (SSSR count). The zero-order chi connectivity index (χ0) is 23.7. The highest BCUT2D eigenvalue weighted by molar-refractivity contribution is 7.18. The molecule has 1 saturated carbocycles. The Morgan fingerprint density at radius 3 is 2.91 bits per heavy atom. The lowest BCUT2D eigenvalue weighted by Crippen LogP contribution is -2.46. The summed E-state index contributed by atoms with van der Waals surface area (Å²) in [5.74, 6) is 0.216. The zero-order valence-corrected chi connectivity index (χ0v) is 18.7. The van der Waals surface area contributed by atoms with Gasteiger partial charge in [0.2, 0.25) is 5.95 Å². The summed E-state index contributed by atoms with van der Waals surface area (Å²) in [6.07, 6.45) is -2.36. The molecule has 8 nitrogen and oxygen atoms in total. The fourth-order valence-electron chi connectivity index (χ4n) is 5.31. The van der Waals surface area contributed by atoms with Crippen LogP contribution in [-0.2, 0) is 6.42 Å². The molecule has 1 aliphatic heterocycles. The van der Waals surface area contributed by atoms with Crippen molar-refractivity contribution in [3.8, 4) is 0 Å². The fourth-order valence-corrected chi connectivity index (χ4v) is 6.37. The Labute approximate surface area is 195 Å². The van der Waals surface area contributed by atoms with Crippen molar-refractivity contribution >= 4 is 50.1 Å². The summed E-state index contributed by atoms with van der Waals surface area (Å²) in [5, 5.41) is 4.13. The summed E-state index contributed by atoms with van der Waals surface area (Å²) in [5.41, 5.74) is 8.08. The maximum atomic E-state index is 12.9. The molecule has 1 aromatic carbocycles. The van der Waals surface area contributed by atoms with E-state index in [1.807, 2.05) is 18.2 Å². The third-order valence-electron chi connectivity index (χ3n) is 6.70. The Morgan fingerprint density at radius 1 is 1.29 bits per heavy atom. The lowest BCUT2D eigenvalue weighted by molar-refractivity contribution is -0.126. The van der Waals surface area contributed by atoms with E-state index in [2.05, 4.69) is 25.2 Å². The minimum atomic E-state index is -4.28. The second-order valence-corrected chi connectivity index (χ2v) is 10.4. The van der Waals surface area contributed by atoms with Gasteiger partial charge in [0, 0.05) is 35.8 Å². The molecular formula is C22H21F3N6O2S. The number of hydrogen-bond donors (Lipinski definition) is 3. The monoisotopic (exact) mass is 490 g/mol. The van der Waals surface area contributed by atoms with Gasteiger partial charge in [0.25, 0.3) is 0 Å². The number of nitrogens with zero attached hydrogens (tertiary/aromatic N) is 3. The van der Waals surface area contributed by atoms with E-state index in [1.54, 1.807) is 6.07 Å². The van der Waals surface area contributed by atoms with Gasteiger partial charge in [-0.1, -0.05) is 0 Å². The van der Waals surface area contributed by atoms with Crippen molar-refractivity contribution in [3.05, 3.63) is 39.7 Å². The summed E-state index contributed by atoms with van der Waals surface area (Å²) in [6, 6.07) is 7.38. The van der Waals surface area contributed by atoms with E-state index in [-0.39, 0.29) is 22.3 Å². The number of benzene rings is 1. The highest BCUT2D eigenvalue weighted by atomic mass is 32.1. The molecule has 1 saturated heterocycles. The van der Waals surface area contributed by atoms with Gasteiger partial charge < -0.3 is 20.4 Å². The van der Waals surface area contributed by atoms with Crippen molar-refractivity contribution in [1.82, 2.24) is 15.0 Å². The van der Waals surface area contributed by atoms with E-state index < -0.39 is 18.4 Å². The number of nitrogen functional groups attached to an aromatic ring is 1. The highest BCUT2D eigenvalue weighted by Gasteiger charge is 2.49. The van der Waals surface area contributed by atoms with Gasteiger partial charge in [-0.25, -0.2) is 9.78 Å². The largest absolute Gasteiger partial charge is 0.417 e. The number of alkyl halides is 3. The molecule has 0 atom stereocenters. The minimum Gasteiger partial charge on any atom is -0.408 e. The molecule has 2 fully saturated rings. The molecule has 34 heavy (non-hydrogen) atoms. The number of H-pyrrole nitrogens is 1. The van der Waals surface area contributed by atoms with Crippen LogP contribution in [0.3, 0.4) is 0 Å². The number of nitrogens with one attached hydrogen (secondary N) is 2. The van der Waals surface area contributed by atoms with Crippen LogP contribution < -0.4 is 21.7 Å². The van der Waals surface area contributed by atoms with Crippen LogP contribution in [0.25, 0.3) is 21.3 Å². The highest BCUT2D eigenvalue weighted by Crippen LogP contribution is 2.50. The van der Waals surface area contributed by atoms with Gasteiger partial charge >= 0.3 is 11.9 Å². The van der Waals surface area contributed by atoms with Crippen LogP contribution in [0, 0.1) is 5.41 Å². The number of oxazole rings is 1. The second-order valence-electron chi connectivity index (χ2n) is 9.28. The number of anilines is 3. The topological polar surface area (TPSA) is 113 Å². The summed E-state index contributed by atoms with van der Waals surface area (Å²) >= 11 is 1.02. The first-order chi connectivity index (χ1) is 16.1. The zero-order valence-electron chi connectivity index (χ0n) is 17.9. The Hall–Kier alpha value is -3.28. The van der Waals surface area contributed by atoms with Crippen LogP contribution in [0.5, 0.6) is 0 Å². The number of aromatic nitrogens is 3. The van der Waals surface area contributed by atoms with E-state index in [1.165, 1.54) is 0 Å². The van der Waals surface area contributed by atoms with Crippen molar-refractivity contribution in [3.63, 3.8) is 0 Å². The van der Waals surface area contributed by atoms with Crippen molar-refractivity contribution in [2.24, 2.45) is 5.41 Å². The Morgan fingerprint density at radius 2 is 2.12 bits per heavy atom. The van der Waals surface area contributed by atoms with Gasteiger partial charge in [-0.2, -0.15) is 18.2 Å². The van der Waals surface area contributed by atoms with Gasteiger partial charge in [0.15, 0.2) is 5.58 Å².